The van der Waals surface area contributed by atoms with E-state index < -0.39 is 16.1 Å². The molecule has 0 spiro atoms. The molecule has 3 aromatic heterocycles. The number of H-pyrrole nitrogens is 1. The highest BCUT2D eigenvalue weighted by Crippen LogP contribution is 2.41. The first-order valence-corrected chi connectivity index (χ1v) is 28.2. The smallest absolute Gasteiger partial charge is 0.129 e. The van der Waals surface area contributed by atoms with Crippen molar-refractivity contribution in [2.24, 2.45) is 0 Å². The summed E-state index contributed by atoms with van der Waals surface area (Å²) < 4.78 is 2.29. The van der Waals surface area contributed by atoms with E-state index in [0.29, 0.717) is 0 Å². The van der Waals surface area contributed by atoms with Crippen molar-refractivity contribution in [2.75, 3.05) is 0 Å². The van der Waals surface area contributed by atoms with Crippen molar-refractivity contribution in [3.63, 3.8) is 0 Å². The lowest BCUT2D eigenvalue weighted by molar-refractivity contribution is 1.32. The van der Waals surface area contributed by atoms with Gasteiger partial charge in [0.1, 0.15) is 16.1 Å². The molecule has 0 fully saturated rings. The minimum Gasteiger partial charge on any atom is -0.354 e. The van der Waals surface area contributed by atoms with Gasteiger partial charge in [-0.2, -0.15) is 0 Å². The number of rotatable bonds is 4. The maximum atomic E-state index is 5.50. The summed E-state index contributed by atoms with van der Waals surface area (Å²) in [4.78, 5) is 14.9. The van der Waals surface area contributed by atoms with Gasteiger partial charge in [-0.15, -0.1) is 22.4 Å². The minimum atomic E-state index is -1.60. The molecule has 0 aliphatic carbocycles. The van der Waals surface area contributed by atoms with Crippen LogP contribution in [0.2, 0.25) is 39.3 Å². The largest absolute Gasteiger partial charge is 0.354 e. The Hall–Kier alpha value is -6.55. The van der Waals surface area contributed by atoms with Gasteiger partial charge in [-0.05, 0) is 95.1 Å². The van der Waals surface area contributed by atoms with Crippen molar-refractivity contribution in [2.45, 2.75) is 39.3 Å². The normalized spacial score (nSPS) is 12.1. The van der Waals surface area contributed by atoms with Crippen molar-refractivity contribution < 1.29 is 0 Å². The molecule has 0 saturated carbocycles. The third kappa shape index (κ3) is 8.32. The Balaban J connectivity index is 1.43. The second-order valence-electron chi connectivity index (χ2n) is 17.3. The molecule has 6 heteroatoms. The van der Waals surface area contributed by atoms with Gasteiger partial charge in [0.25, 0.3) is 0 Å². The fraction of sp³-hybridized carbons (Fsp3) is 0.111. The fourth-order valence-corrected chi connectivity index (χ4v) is 9.72. The van der Waals surface area contributed by atoms with Gasteiger partial charge in [-0.1, -0.05) is 136 Å². The highest BCUT2D eigenvalue weighted by Gasteiger charge is 2.19. The van der Waals surface area contributed by atoms with Crippen LogP contribution in [0.5, 0.6) is 0 Å². The number of nitrogens with zero attached hydrogens (tertiary/aromatic N) is 2. The van der Waals surface area contributed by atoms with Crippen LogP contribution in [-0.2, 0) is 0 Å². The number of hydrogen-bond donors (Lipinski definition) is 1. The van der Waals surface area contributed by atoms with E-state index in [9.17, 15) is 0 Å². The van der Waals surface area contributed by atoms with E-state index >= 15 is 0 Å². The van der Waals surface area contributed by atoms with Crippen LogP contribution in [0.4, 0.5) is 0 Å². The zero-order valence-electron chi connectivity index (χ0n) is 34.8. The fourth-order valence-electron chi connectivity index (χ4n) is 7.52. The molecule has 0 atom stereocenters. The van der Waals surface area contributed by atoms with E-state index in [0.717, 1.165) is 98.8 Å². The predicted molar refractivity (Wildman–Crippen MR) is 265 cm³/mol. The summed E-state index contributed by atoms with van der Waals surface area (Å²) in [7, 11) is -3.19. The van der Waals surface area contributed by atoms with Crippen LogP contribution in [-0.4, -0.2) is 31.1 Å². The van der Waals surface area contributed by atoms with Crippen LogP contribution in [0, 0.1) is 22.9 Å². The average Bonchev–Trinajstić information content (AvgIpc) is 4.08. The van der Waals surface area contributed by atoms with Gasteiger partial charge in [0, 0.05) is 53.8 Å². The summed E-state index contributed by atoms with van der Waals surface area (Å²) in [6, 6.07) is 47.3. The van der Waals surface area contributed by atoms with Crippen LogP contribution in [0.25, 0.3) is 89.2 Å². The van der Waals surface area contributed by atoms with E-state index in [-0.39, 0.29) is 0 Å². The number of thiophene rings is 1. The molecule has 8 bridgehead atoms. The summed E-state index contributed by atoms with van der Waals surface area (Å²) >= 11 is 1.78. The molecule has 290 valence electrons. The van der Waals surface area contributed by atoms with E-state index in [1.54, 1.807) is 11.3 Å². The van der Waals surface area contributed by atoms with E-state index in [2.05, 4.69) is 225 Å². The molecule has 7 aromatic rings. The van der Waals surface area contributed by atoms with E-state index in [4.69, 9.17) is 9.97 Å². The topological polar surface area (TPSA) is 41.6 Å². The highest BCUT2D eigenvalue weighted by molar-refractivity contribution is 7.24. The van der Waals surface area contributed by atoms with Gasteiger partial charge < -0.3 is 4.98 Å². The molecule has 0 unspecified atom stereocenters. The quantitative estimate of drug-likeness (QED) is 0.142. The molecule has 0 radical (unpaired) electrons. The molecule has 1 N–H and O–H groups in total. The zero-order valence-corrected chi connectivity index (χ0v) is 37.6. The van der Waals surface area contributed by atoms with Crippen molar-refractivity contribution in [1.29, 1.82) is 0 Å². The maximum absolute atomic E-state index is 5.50. The van der Waals surface area contributed by atoms with Crippen molar-refractivity contribution in [3.05, 3.63) is 167 Å². The van der Waals surface area contributed by atoms with Gasteiger partial charge in [-0.25, -0.2) is 9.97 Å². The van der Waals surface area contributed by atoms with Crippen LogP contribution in [0.1, 0.15) is 33.9 Å². The molecule has 60 heavy (non-hydrogen) atoms. The Kier molecular flexibility index (Phi) is 10.3. The summed E-state index contributed by atoms with van der Waals surface area (Å²) in [6.45, 7) is 13.7. The molecule has 2 aliphatic heterocycles. The number of aromatic amines is 1. The summed E-state index contributed by atoms with van der Waals surface area (Å²) in [6.07, 6.45) is 8.67. The molecule has 0 amide bonds. The zero-order chi connectivity index (χ0) is 41.4. The van der Waals surface area contributed by atoms with Crippen molar-refractivity contribution in [1.82, 2.24) is 15.0 Å². The highest BCUT2D eigenvalue weighted by atomic mass is 32.1. The summed E-state index contributed by atoms with van der Waals surface area (Å²) in [5.41, 5.74) is 23.3. The lowest BCUT2D eigenvalue weighted by Gasteiger charge is -2.08. The van der Waals surface area contributed by atoms with Gasteiger partial charge in [0.15, 0.2) is 0 Å². The third-order valence-electron chi connectivity index (χ3n) is 10.2. The summed E-state index contributed by atoms with van der Waals surface area (Å²) in [5, 5.41) is 0. The lowest BCUT2D eigenvalue weighted by atomic mass is 10.0. The van der Waals surface area contributed by atoms with Crippen LogP contribution < -0.4 is 0 Å². The molecular weight excluding hydrogens is 779 g/mol. The number of fused-ring (bicyclic) bond motifs is 8. The molecule has 0 saturated heterocycles. The van der Waals surface area contributed by atoms with Gasteiger partial charge in [0.05, 0.1) is 22.8 Å². The molecule has 9 rings (SSSR count). The Labute approximate surface area is 359 Å². The Morgan fingerprint density at radius 2 is 0.800 bits per heavy atom. The number of aromatic nitrogens is 3. The van der Waals surface area contributed by atoms with Crippen LogP contribution in [0.3, 0.4) is 0 Å². The lowest BCUT2D eigenvalue weighted by Crippen LogP contribution is -2.16. The van der Waals surface area contributed by atoms with Crippen molar-refractivity contribution >= 4 is 72.2 Å². The first-order valence-electron chi connectivity index (χ1n) is 20.4. The summed E-state index contributed by atoms with van der Waals surface area (Å²) in [5.74, 6) is 7.01. The second kappa shape index (κ2) is 15.9. The molecule has 4 aromatic carbocycles. The van der Waals surface area contributed by atoms with E-state index in [1.807, 2.05) is 0 Å². The predicted octanol–water partition coefficient (Wildman–Crippen LogP) is 14.5. The number of benzene rings is 4. The molecule has 3 nitrogen and oxygen atoms in total. The van der Waals surface area contributed by atoms with E-state index in [1.165, 1.54) is 0 Å². The minimum absolute atomic E-state index is 0.890. The Morgan fingerprint density at radius 3 is 1.20 bits per heavy atom. The second-order valence-corrected chi connectivity index (χ2v) is 27.9. The number of hydrogen-bond acceptors (Lipinski definition) is 3. The first-order chi connectivity index (χ1) is 29.0. The number of nitrogens with one attached hydrogen (secondary N) is 1. The van der Waals surface area contributed by atoms with Crippen molar-refractivity contribution in [3.8, 4) is 67.4 Å². The van der Waals surface area contributed by atoms with Crippen LogP contribution in [0.15, 0.2) is 133 Å². The molecule has 2 aliphatic rings. The average molecular weight is 824 g/mol. The monoisotopic (exact) mass is 823 g/mol. The third-order valence-corrected chi connectivity index (χ3v) is 13.1. The molecular formula is C54H45N3SSi2. The maximum Gasteiger partial charge on any atom is 0.129 e. The SMILES string of the molecule is C[Si](C)(C)C#Cc1cccc(-c2c3nc(c(-c4ccccc4)c4ccc(s4)c(-c4ccccc4)c4nc(c(-c5cccc(C#C[Si](C)(C)C)c5)c5ccc2[nH]5)C=C4)C=C3)c1. The van der Waals surface area contributed by atoms with Gasteiger partial charge >= 0.3 is 0 Å². The van der Waals surface area contributed by atoms with Gasteiger partial charge in [0.2, 0.25) is 0 Å². The standard InChI is InChI=1S/C54H45N3SSi2/c1-59(2,3)33-31-37-15-13-21-41(35-37)51-43-23-24-44(55-43)52(42-22-14-16-38(36-42)32-34-60(4,5)6)46-26-28-48(57-46)54(40-19-11-8-12-20-40)50-30-29-49(58-50)53(39-17-9-7-10-18-39)47-27-25-45(51)56-47/h7-30,35-36,55H,1-6H3. The first kappa shape index (κ1) is 38.9. The Bertz CT molecular complexity index is 2960. The van der Waals surface area contributed by atoms with Crippen LogP contribution >= 0.6 is 11.3 Å². The van der Waals surface area contributed by atoms with Gasteiger partial charge in [-0.3, -0.25) is 0 Å². The Morgan fingerprint density at radius 1 is 0.417 bits per heavy atom. The molecule has 5 heterocycles.